The Hall–Kier alpha value is -2.63. The van der Waals surface area contributed by atoms with E-state index in [2.05, 4.69) is 15.5 Å². The molecule has 0 saturated carbocycles. The monoisotopic (exact) mass is 311 g/mol. The molecular weight excluding hydrogens is 290 g/mol. The minimum atomic E-state index is 0.0696. The third-order valence-corrected chi connectivity index (χ3v) is 3.94. The number of nitrogens with one attached hydrogen (secondary N) is 1. The molecule has 23 heavy (non-hydrogen) atoms. The van der Waals surface area contributed by atoms with Crippen molar-refractivity contribution in [1.29, 1.82) is 0 Å². The molecule has 120 valence electrons. The summed E-state index contributed by atoms with van der Waals surface area (Å²) >= 11 is 0. The molecule has 1 N–H and O–H groups in total. The standard InChI is InChI=1S/C17H21N5O/c1-13-17-15(21(2)20-13)12-19-22(17)11-10-18-16(23)9-8-14-6-4-3-5-7-14/h3-7,12H,8-11H2,1-2H3,(H,18,23). The van der Waals surface area contributed by atoms with E-state index in [0.29, 0.717) is 19.5 Å². The molecule has 0 aliphatic carbocycles. The maximum absolute atomic E-state index is 11.9. The largest absolute Gasteiger partial charge is 0.354 e. The maximum atomic E-state index is 11.9. The molecular formula is C17H21N5O. The Kier molecular flexibility index (Phi) is 4.41. The molecule has 1 amide bonds. The summed E-state index contributed by atoms with van der Waals surface area (Å²) in [7, 11) is 1.91. The Morgan fingerprint density at radius 3 is 2.83 bits per heavy atom. The van der Waals surface area contributed by atoms with Gasteiger partial charge in [-0.3, -0.25) is 14.2 Å². The lowest BCUT2D eigenvalue weighted by molar-refractivity contribution is -0.121. The maximum Gasteiger partial charge on any atom is 0.220 e. The van der Waals surface area contributed by atoms with Crippen molar-refractivity contribution < 1.29 is 4.79 Å². The number of carbonyl (C=O) groups is 1. The van der Waals surface area contributed by atoms with Gasteiger partial charge in [-0.2, -0.15) is 10.2 Å². The highest BCUT2D eigenvalue weighted by Gasteiger charge is 2.11. The van der Waals surface area contributed by atoms with Crippen molar-refractivity contribution in [2.45, 2.75) is 26.3 Å². The molecule has 3 rings (SSSR count). The van der Waals surface area contributed by atoms with Gasteiger partial charge in [-0.1, -0.05) is 30.3 Å². The summed E-state index contributed by atoms with van der Waals surface area (Å²) in [6.45, 7) is 3.19. The van der Waals surface area contributed by atoms with Gasteiger partial charge in [0.2, 0.25) is 5.91 Å². The number of rotatable bonds is 6. The van der Waals surface area contributed by atoms with Crippen molar-refractivity contribution in [2.75, 3.05) is 6.54 Å². The predicted octanol–water partition coefficient (Wildman–Crippen LogP) is 1.83. The highest BCUT2D eigenvalue weighted by Crippen LogP contribution is 2.16. The van der Waals surface area contributed by atoms with Crippen LogP contribution in [0.1, 0.15) is 17.7 Å². The van der Waals surface area contributed by atoms with E-state index in [-0.39, 0.29) is 5.91 Å². The molecule has 0 atom stereocenters. The third kappa shape index (κ3) is 3.41. The van der Waals surface area contributed by atoms with Crippen LogP contribution in [-0.4, -0.2) is 32.0 Å². The van der Waals surface area contributed by atoms with Gasteiger partial charge >= 0.3 is 0 Å². The average Bonchev–Trinajstić information content (AvgIpc) is 3.09. The molecule has 1 aromatic carbocycles. The first-order chi connectivity index (χ1) is 11.1. The van der Waals surface area contributed by atoms with E-state index < -0.39 is 0 Å². The zero-order chi connectivity index (χ0) is 16.2. The molecule has 6 nitrogen and oxygen atoms in total. The van der Waals surface area contributed by atoms with Gasteiger partial charge in [0, 0.05) is 20.0 Å². The Bertz CT molecular complexity index is 803. The van der Waals surface area contributed by atoms with E-state index in [1.807, 2.05) is 59.9 Å². The lowest BCUT2D eigenvalue weighted by atomic mass is 10.1. The van der Waals surface area contributed by atoms with Crippen LogP contribution in [0.3, 0.4) is 0 Å². The molecule has 2 heterocycles. The SMILES string of the molecule is Cc1nn(C)c2cnn(CCNC(=O)CCc3ccccc3)c12. The first-order valence-corrected chi connectivity index (χ1v) is 7.81. The molecule has 0 saturated heterocycles. The quantitative estimate of drug-likeness (QED) is 0.755. The van der Waals surface area contributed by atoms with Crippen LogP contribution < -0.4 is 5.32 Å². The molecule has 2 aromatic heterocycles. The molecule has 0 aliphatic rings. The fourth-order valence-electron chi connectivity index (χ4n) is 2.77. The van der Waals surface area contributed by atoms with Crippen LogP contribution in [0.15, 0.2) is 36.5 Å². The highest BCUT2D eigenvalue weighted by molar-refractivity contribution is 5.77. The van der Waals surface area contributed by atoms with Gasteiger partial charge in [0.15, 0.2) is 0 Å². The van der Waals surface area contributed by atoms with Crippen LogP contribution in [0, 0.1) is 6.92 Å². The number of hydrogen-bond donors (Lipinski definition) is 1. The van der Waals surface area contributed by atoms with Gasteiger partial charge in [-0.05, 0) is 18.9 Å². The minimum absolute atomic E-state index is 0.0696. The second-order valence-electron chi connectivity index (χ2n) is 5.65. The molecule has 0 unspecified atom stereocenters. The summed E-state index contributed by atoms with van der Waals surface area (Å²) in [6.07, 6.45) is 3.08. The number of benzene rings is 1. The van der Waals surface area contributed by atoms with Crippen molar-refractivity contribution >= 4 is 16.9 Å². The number of hydrogen-bond acceptors (Lipinski definition) is 3. The first kappa shape index (κ1) is 15.3. The predicted molar refractivity (Wildman–Crippen MR) is 89.0 cm³/mol. The van der Waals surface area contributed by atoms with Crippen LogP contribution >= 0.6 is 0 Å². The average molecular weight is 311 g/mol. The second kappa shape index (κ2) is 6.64. The van der Waals surface area contributed by atoms with Crippen molar-refractivity contribution in [3.8, 4) is 0 Å². The van der Waals surface area contributed by atoms with E-state index in [9.17, 15) is 4.79 Å². The zero-order valence-electron chi connectivity index (χ0n) is 13.5. The van der Waals surface area contributed by atoms with Crippen LogP contribution in [0.4, 0.5) is 0 Å². The van der Waals surface area contributed by atoms with Gasteiger partial charge < -0.3 is 5.32 Å². The fraction of sp³-hybridized carbons (Fsp3) is 0.353. The van der Waals surface area contributed by atoms with Gasteiger partial charge in [0.05, 0.1) is 18.4 Å². The number of aryl methyl sites for hydroxylation is 3. The number of aromatic nitrogens is 4. The van der Waals surface area contributed by atoms with E-state index >= 15 is 0 Å². The van der Waals surface area contributed by atoms with Gasteiger partial charge in [0.1, 0.15) is 11.0 Å². The third-order valence-electron chi connectivity index (χ3n) is 3.94. The summed E-state index contributed by atoms with van der Waals surface area (Å²) in [6, 6.07) is 10.0. The summed E-state index contributed by atoms with van der Waals surface area (Å²) < 4.78 is 3.72. The second-order valence-corrected chi connectivity index (χ2v) is 5.65. The number of fused-ring (bicyclic) bond motifs is 1. The van der Waals surface area contributed by atoms with E-state index in [1.165, 1.54) is 5.56 Å². The Labute approximate surface area is 135 Å². The summed E-state index contributed by atoms with van der Waals surface area (Å²) in [5, 5.41) is 11.7. The van der Waals surface area contributed by atoms with Gasteiger partial charge in [-0.15, -0.1) is 0 Å². The molecule has 0 aliphatic heterocycles. The van der Waals surface area contributed by atoms with Crippen molar-refractivity contribution in [1.82, 2.24) is 24.9 Å². The molecule has 3 aromatic rings. The van der Waals surface area contributed by atoms with Crippen LogP contribution in [0.25, 0.3) is 11.0 Å². The van der Waals surface area contributed by atoms with Gasteiger partial charge in [0.25, 0.3) is 0 Å². The van der Waals surface area contributed by atoms with Crippen molar-refractivity contribution in [3.05, 3.63) is 47.8 Å². The van der Waals surface area contributed by atoms with Gasteiger partial charge in [-0.25, -0.2) is 0 Å². The summed E-state index contributed by atoms with van der Waals surface area (Å²) in [4.78, 5) is 11.9. The molecule has 0 bridgehead atoms. The molecule has 0 fully saturated rings. The Morgan fingerprint density at radius 2 is 2.04 bits per heavy atom. The minimum Gasteiger partial charge on any atom is -0.354 e. The molecule has 6 heteroatoms. The molecule has 0 spiro atoms. The number of carbonyl (C=O) groups excluding carboxylic acids is 1. The number of amides is 1. The summed E-state index contributed by atoms with van der Waals surface area (Å²) in [5.74, 6) is 0.0696. The topological polar surface area (TPSA) is 64.7 Å². The van der Waals surface area contributed by atoms with Crippen molar-refractivity contribution in [2.24, 2.45) is 7.05 Å². The Balaban J connectivity index is 1.49. The van der Waals surface area contributed by atoms with Crippen LogP contribution in [-0.2, 0) is 24.8 Å². The molecule has 0 radical (unpaired) electrons. The summed E-state index contributed by atoms with van der Waals surface area (Å²) in [5.41, 5.74) is 4.18. The first-order valence-electron chi connectivity index (χ1n) is 7.81. The lowest BCUT2D eigenvalue weighted by Crippen LogP contribution is -2.27. The highest BCUT2D eigenvalue weighted by atomic mass is 16.1. The number of nitrogens with zero attached hydrogens (tertiary/aromatic N) is 4. The Morgan fingerprint density at radius 1 is 1.26 bits per heavy atom. The van der Waals surface area contributed by atoms with E-state index in [4.69, 9.17) is 0 Å². The van der Waals surface area contributed by atoms with Crippen LogP contribution in [0.5, 0.6) is 0 Å². The fourth-order valence-corrected chi connectivity index (χ4v) is 2.77. The normalized spacial score (nSPS) is 11.0. The zero-order valence-corrected chi connectivity index (χ0v) is 13.5. The van der Waals surface area contributed by atoms with Crippen molar-refractivity contribution in [3.63, 3.8) is 0 Å². The lowest BCUT2D eigenvalue weighted by Gasteiger charge is -2.06. The van der Waals surface area contributed by atoms with E-state index in [1.54, 1.807) is 0 Å². The smallest absolute Gasteiger partial charge is 0.220 e. The van der Waals surface area contributed by atoms with Crippen LogP contribution in [0.2, 0.25) is 0 Å². The van der Waals surface area contributed by atoms with E-state index in [0.717, 1.165) is 23.1 Å².